The molecule has 2 saturated carbocycles. The third kappa shape index (κ3) is 9.21. The minimum absolute atomic E-state index is 0.0789. The smallest absolute Gasteiger partial charge is 0.455 e. The summed E-state index contributed by atoms with van der Waals surface area (Å²) in [6, 6.07) is 18.8. The zero-order chi connectivity index (χ0) is 50.4. The highest BCUT2D eigenvalue weighted by Gasteiger charge is 2.77. The Kier molecular flexibility index (Phi) is 13.9. The predicted octanol–water partition coefficient (Wildman–Crippen LogP) is 6.13. The average Bonchev–Trinajstić information content (AvgIpc) is 3.29. The number of ketones is 1. The molecule has 2 bridgehead atoms. The topological polar surface area (TPSA) is 255 Å². The third-order valence-corrected chi connectivity index (χ3v) is 14.2. The number of hydrogen-bond acceptors (Lipinski definition) is 17. The first-order valence-electron chi connectivity index (χ1n) is 22.4. The van der Waals surface area contributed by atoms with E-state index in [-0.39, 0.29) is 46.7 Å². The number of esters is 2. The van der Waals surface area contributed by atoms with Crippen molar-refractivity contribution in [1.29, 1.82) is 0 Å². The van der Waals surface area contributed by atoms with Gasteiger partial charge in [-0.25, -0.2) is 19.2 Å². The van der Waals surface area contributed by atoms with Crippen molar-refractivity contribution in [3.8, 4) is 5.75 Å². The Morgan fingerprint density at radius 2 is 1.52 bits per heavy atom. The molecule has 1 amide bonds. The maximum Gasteiger partial charge on any atom is 0.514 e. The Morgan fingerprint density at radius 1 is 0.899 bits per heavy atom. The standard InChI is InChI=1S/C50H58N2O17/c1-27-32(66-43(55)38(67-45(57)65-31-22-20-30(21-23-31)52(60)61)36(28-16-12-10-13-17-28)51-44(56)69-46(2,3)4)25-50(59)41(68-42(54)29-18-14-11-15-19-29)39-48(7,33(62-8)24-34-49(39,58)26-64-34)40(53)37(63-9)35(27)47(50,5)6/h10-23,32-34,36-39,41,58-59H,24-26H2,1-9H3,(H,51,56)/t32-,33-,34+,36-,37?,38+,39-,41-,48+,49-,50+/m0/s1. The van der Waals surface area contributed by atoms with Gasteiger partial charge in [-0.2, -0.15) is 0 Å². The van der Waals surface area contributed by atoms with Crippen molar-refractivity contribution in [1.82, 2.24) is 5.32 Å². The number of nitrogens with zero attached hydrogens (tertiary/aromatic N) is 1. The van der Waals surface area contributed by atoms with E-state index in [0.29, 0.717) is 0 Å². The first-order valence-corrected chi connectivity index (χ1v) is 22.4. The molecule has 0 spiro atoms. The largest absolute Gasteiger partial charge is 0.514 e. The number of methoxy groups -OCH3 is 2. The SMILES string of the molecule is COC1C(=O)[C@]2(C)[C@@H](OC)C[C@H]3OC[C@@]3(O)[C@H]2[C@H](OC(=O)c2ccccc2)[C@]2(O)C[C@H](OC(=O)[C@H](OC(=O)Oc3ccc([N+](=O)[O-])cc3)[C@@H](NC(=O)OC(C)(C)C)c3ccccc3)C(C)=C1C2(C)C. The van der Waals surface area contributed by atoms with E-state index in [0.717, 1.165) is 24.3 Å². The normalized spacial score (nSPS) is 30.0. The fraction of sp³-hybridized carbons (Fsp3) is 0.500. The van der Waals surface area contributed by atoms with Gasteiger partial charge in [-0.3, -0.25) is 14.9 Å². The van der Waals surface area contributed by atoms with Crippen molar-refractivity contribution in [2.24, 2.45) is 16.7 Å². The Balaban J connectivity index is 1.36. The van der Waals surface area contributed by atoms with Crippen LogP contribution in [0.15, 0.2) is 96.1 Å². The number of non-ortho nitro benzene ring substituents is 1. The summed E-state index contributed by atoms with van der Waals surface area (Å²) in [4.78, 5) is 82.8. The average molecular weight is 959 g/mol. The van der Waals surface area contributed by atoms with E-state index < -0.39 is 118 Å². The first kappa shape index (κ1) is 50.6. The third-order valence-electron chi connectivity index (χ3n) is 14.2. The zero-order valence-corrected chi connectivity index (χ0v) is 39.8. The molecule has 3 N–H and O–H groups in total. The van der Waals surface area contributed by atoms with Crippen LogP contribution in [-0.4, -0.2) is 119 Å². The maximum atomic E-state index is 15.5. The van der Waals surface area contributed by atoms with Crippen LogP contribution in [-0.2, 0) is 42.7 Å². The summed E-state index contributed by atoms with van der Waals surface area (Å²) in [6.07, 6.45) is -11.6. The highest BCUT2D eigenvalue weighted by molar-refractivity contribution is 5.94. The molecule has 1 saturated heterocycles. The van der Waals surface area contributed by atoms with Crippen LogP contribution in [0.1, 0.15) is 83.3 Å². The maximum absolute atomic E-state index is 15.5. The zero-order valence-electron chi connectivity index (χ0n) is 39.8. The number of ether oxygens (including phenoxy) is 8. The Bertz CT molecular complexity index is 2490. The molecule has 4 aliphatic rings. The number of aliphatic hydroxyl groups is 2. The number of amides is 1. The van der Waals surface area contributed by atoms with Crippen LogP contribution in [0, 0.1) is 26.9 Å². The van der Waals surface area contributed by atoms with Gasteiger partial charge in [-0.15, -0.1) is 0 Å². The number of rotatable bonds is 12. The van der Waals surface area contributed by atoms with Crippen molar-refractivity contribution >= 4 is 35.7 Å². The number of nitrogens with one attached hydrogen (secondary N) is 1. The number of alkyl carbamates (subject to hydrolysis) is 1. The number of benzene rings is 3. The van der Waals surface area contributed by atoms with Gasteiger partial charge < -0.3 is 53.4 Å². The summed E-state index contributed by atoms with van der Waals surface area (Å²) in [5.41, 5.74) is -7.96. The Morgan fingerprint density at radius 3 is 2.07 bits per heavy atom. The first-order chi connectivity index (χ1) is 32.4. The van der Waals surface area contributed by atoms with Gasteiger partial charge >= 0.3 is 24.2 Å². The molecule has 370 valence electrons. The molecule has 69 heavy (non-hydrogen) atoms. The second-order valence-electron chi connectivity index (χ2n) is 19.6. The molecule has 0 aromatic heterocycles. The highest BCUT2D eigenvalue weighted by Crippen LogP contribution is 2.64. The number of carbonyl (C=O) groups is 5. The molecular formula is C50H58N2O17. The monoisotopic (exact) mass is 958 g/mol. The quantitative estimate of drug-likeness (QED) is 0.0461. The van der Waals surface area contributed by atoms with Gasteiger partial charge in [0.2, 0.25) is 6.10 Å². The van der Waals surface area contributed by atoms with Gasteiger partial charge in [-0.05, 0) is 75.6 Å². The fourth-order valence-corrected chi connectivity index (χ4v) is 10.6. The van der Waals surface area contributed by atoms with Gasteiger partial charge in [0.15, 0.2) is 5.78 Å². The van der Waals surface area contributed by atoms with Crippen molar-refractivity contribution in [3.05, 3.63) is 117 Å². The number of fused-ring (bicyclic) bond motifs is 5. The van der Waals surface area contributed by atoms with E-state index in [1.807, 2.05) is 0 Å². The van der Waals surface area contributed by atoms with E-state index in [4.69, 9.17) is 37.9 Å². The van der Waals surface area contributed by atoms with E-state index in [9.17, 15) is 34.7 Å². The molecule has 1 aliphatic heterocycles. The number of nitro benzene ring substituents is 1. The van der Waals surface area contributed by atoms with Crippen LogP contribution in [0.4, 0.5) is 15.3 Å². The minimum atomic E-state index is -2.31. The van der Waals surface area contributed by atoms with Crippen LogP contribution in [0.25, 0.3) is 0 Å². The van der Waals surface area contributed by atoms with Crippen molar-refractivity contribution < 1.29 is 77.0 Å². The lowest BCUT2D eigenvalue weighted by atomic mass is 9.44. The van der Waals surface area contributed by atoms with Crippen LogP contribution in [0.2, 0.25) is 0 Å². The van der Waals surface area contributed by atoms with Crippen molar-refractivity contribution in [2.45, 2.75) is 121 Å². The second kappa shape index (κ2) is 18.9. The summed E-state index contributed by atoms with van der Waals surface area (Å²) in [7, 11) is 2.72. The Hall–Kier alpha value is -6.25. The molecule has 3 fully saturated rings. The highest BCUT2D eigenvalue weighted by atomic mass is 16.7. The van der Waals surface area contributed by atoms with Gasteiger partial charge in [0.05, 0.1) is 34.7 Å². The number of nitro groups is 1. The van der Waals surface area contributed by atoms with E-state index >= 15 is 9.59 Å². The van der Waals surface area contributed by atoms with E-state index in [1.54, 1.807) is 97.0 Å². The molecule has 19 nitrogen and oxygen atoms in total. The van der Waals surface area contributed by atoms with Gasteiger partial charge in [0, 0.05) is 50.5 Å². The molecular weight excluding hydrogens is 901 g/mol. The number of hydrogen-bond donors (Lipinski definition) is 3. The molecule has 1 heterocycles. The van der Waals surface area contributed by atoms with Crippen LogP contribution in [0.5, 0.6) is 5.75 Å². The fourth-order valence-electron chi connectivity index (χ4n) is 10.6. The molecule has 19 heteroatoms. The van der Waals surface area contributed by atoms with Gasteiger partial charge in [0.1, 0.15) is 46.9 Å². The number of Topliss-reactive ketones (excluding diaryl/α,β-unsaturated/α-hetero) is 1. The molecule has 0 radical (unpaired) electrons. The molecule has 7 rings (SSSR count). The van der Waals surface area contributed by atoms with Crippen LogP contribution in [0.3, 0.4) is 0 Å². The summed E-state index contributed by atoms with van der Waals surface area (Å²) in [5.74, 6) is -4.34. The summed E-state index contributed by atoms with van der Waals surface area (Å²) < 4.78 is 47.3. The van der Waals surface area contributed by atoms with Gasteiger partial charge in [0.25, 0.3) is 5.69 Å². The lowest BCUT2D eigenvalue weighted by Crippen LogP contribution is -2.81. The molecule has 1 unspecified atom stereocenters. The Labute approximate surface area is 398 Å². The van der Waals surface area contributed by atoms with E-state index in [2.05, 4.69) is 5.32 Å². The molecule has 3 aromatic rings. The van der Waals surface area contributed by atoms with Gasteiger partial charge in [-0.1, -0.05) is 62.4 Å². The summed E-state index contributed by atoms with van der Waals surface area (Å²) in [5, 5.41) is 40.4. The van der Waals surface area contributed by atoms with Crippen LogP contribution < -0.4 is 10.1 Å². The van der Waals surface area contributed by atoms with Crippen molar-refractivity contribution in [2.75, 3.05) is 20.8 Å². The second-order valence-corrected chi connectivity index (χ2v) is 19.6. The molecule has 11 atom stereocenters. The lowest BCUT2D eigenvalue weighted by molar-refractivity contribution is -0.384. The molecule has 3 aliphatic carbocycles. The van der Waals surface area contributed by atoms with Crippen molar-refractivity contribution in [3.63, 3.8) is 0 Å². The minimum Gasteiger partial charge on any atom is -0.455 e. The molecule has 3 aromatic carbocycles. The predicted molar refractivity (Wildman–Crippen MR) is 242 cm³/mol. The van der Waals surface area contributed by atoms with Crippen LogP contribution >= 0.6 is 0 Å². The summed E-state index contributed by atoms with van der Waals surface area (Å²) >= 11 is 0. The lowest BCUT2D eigenvalue weighted by Gasteiger charge is -2.67. The summed E-state index contributed by atoms with van der Waals surface area (Å²) in [6.45, 7) is 11.0. The van der Waals surface area contributed by atoms with E-state index in [1.165, 1.54) is 26.4 Å². The number of carbonyl (C=O) groups excluding carboxylic acids is 5.